The van der Waals surface area contributed by atoms with Gasteiger partial charge in [0, 0.05) is 6.20 Å². The molecule has 1 aromatic carbocycles. The minimum Gasteiger partial charge on any atom is -0.506 e. The zero-order chi connectivity index (χ0) is 17.3. The van der Waals surface area contributed by atoms with E-state index in [9.17, 15) is 9.90 Å². The number of imidazole rings is 1. The van der Waals surface area contributed by atoms with E-state index in [1.54, 1.807) is 34.9 Å². The molecule has 124 valence electrons. The summed E-state index contributed by atoms with van der Waals surface area (Å²) in [4.78, 5) is 17.3. The van der Waals surface area contributed by atoms with Gasteiger partial charge in [-0.25, -0.2) is 4.98 Å². The Morgan fingerprint density at radius 2 is 2.12 bits per heavy atom. The maximum atomic E-state index is 12.8. The number of benzene rings is 1. The van der Waals surface area contributed by atoms with Crippen LogP contribution >= 0.6 is 11.6 Å². The van der Waals surface area contributed by atoms with E-state index in [2.05, 4.69) is 10.3 Å². The van der Waals surface area contributed by atoms with Crippen LogP contribution in [-0.2, 0) is 6.42 Å². The van der Waals surface area contributed by atoms with Crippen molar-refractivity contribution in [2.24, 2.45) is 0 Å². The Morgan fingerprint density at radius 3 is 2.83 bits per heavy atom. The summed E-state index contributed by atoms with van der Waals surface area (Å²) < 4.78 is 1.69. The third kappa shape index (κ3) is 3.08. The molecule has 24 heavy (non-hydrogen) atoms. The minimum atomic E-state index is -0.327. The van der Waals surface area contributed by atoms with Gasteiger partial charge in [0.05, 0.1) is 16.4 Å². The molecule has 0 spiro atoms. The second-order valence-corrected chi connectivity index (χ2v) is 6.14. The van der Waals surface area contributed by atoms with Crippen molar-refractivity contribution in [3.63, 3.8) is 0 Å². The van der Waals surface area contributed by atoms with Gasteiger partial charge in [-0.3, -0.25) is 9.20 Å². The second-order valence-electron chi connectivity index (χ2n) is 5.71. The molecule has 3 aromatic rings. The van der Waals surface area contributed by atoms with E-state index in [0.29, 0.717) is 34.2 Å². The standard InChI is InChI=1S/C18H18ClN3O2/c1-3-4-14-17(22-10-12(19)6-8-16(22)20-14)18(24)21-13-7-5-11(2)9-15(13)23/h5-10,23H,3-4H2,1-2H3,(H,21,24). The number of aryl methyl sites for hydroxylation is 2. The Labute approximate surface area is 144 Å². The highest BCUT2D eigenvalue weighted by molar-refractivity contribution is 6.30. The zero-order valence-electron chi connectivity index (χ0n) is 13.5. The van der Waals surface area contributed by atoms with Crippen LogP contribution in [0.4, 0.5) is 5.69 Å². The summed E-state index contributed by atoms with van der Waals surface area (Å²) in [6.07, 6.45) is 3.22. The number of phenolic OH excluding ortho intramolecular Hbond substituents is 1. The highest BCUT2D eigenvalue weighted by atomic mass is 35.5. The molecule has 5 nitrogen and oxygen atoms in total. The predicted molar refractivity (Wildman–Crippen MR) is 95.0 cm³/mol. The fraction of sp³-hybridized carbons (Fsp3) is 0.222. The van der Waals surface area contributed by atoms with E-state index in [4.69, 9.17) is 11.6 Å². The Hall–Kier alpha value is -2.53. The van der Waals surface area contributed by atoms with E-state index in [0.717, 1.165) is 12.0 Å². The van der Waals surface area contributed by atoms with Gasteiger partial charge in [-0.05, 0) is 43.2 Å². The van der Waals surface area contributed by atoms with Gasteiger partial charge in [-0.1, -0.05) is 31.0 Å². The third-order valence-electron chi connectivity index (χ3n) is 3.76. The largest absolute Gasteiger partial charge is 0.506 e. The van der Waals surface area contributed by atoms with Crippen molar-refractivity contribution in [1.29, 1.82) is 0 Å². The van der Waals surface area contributed by atoms with Crippen molar-refractivity contribution in [3.8, 4) is 5.75 Å². The van der Waals surface area contributed by atoms with E-state index in [1.165, 1.54) is 0 Å². The molecule has 0 atom stereocenters. The molecule has 0 fully saturated rings. The molecule has 2 N–H and O–H groups in total. The SMILES string of the molecule is CCCc1nc2ccc(Cl)cn2c1C(=O)Nc1ccc(C)cc1O. The van der Waals surface area contributed by atoms with Crippen LogP contribution < -0.4 is 5.32 Å². The summed E-state index contributed by atoms with van der Waals surface area (Å²) in [5.74, 6) is -0.292. The summed E-state index contributed by atoms with van der Waals surface area (Å²) in [5, 5.41) is 13.3. The lowest BCUT2D eigenvalue weighted by molar-refractivity contribution is 0.102. The number of phenols is 1. The number of rotatable bonds is 4. The van der Waals surface area contributed by atoms with Crippen molar-refractivity contribution in [1.82, 2.24) is 9.38 Å². The Morgan fingerprint density at radius 1 is 1.33 bits per heavy atom. The summed E-state index contributed by atoms with van der Waals surface area (Å²) in [6.45, 7) is 3.90. The van der Waals surface area contributed by atoms with Gasteiger partial charge in [0.2, 0.25) is 0 Å². The van der Waals surface area contributed by atoms with Crippen LogP contribution in [0.3, 0.4) is 0 Å². The average molecular weight is 344 g/mol. The molecular weight excluding hydrogens is 326 g/mol. The molecule has 1 amide bonds. The Kier molecular flexibility index (Phi) is 4.44. The number of nitrogens with zero attached hydrogens (tertiary/aromatic N) is 2. The number of nitrogens with one attached hydrogen (secondary N) is 1. The van der Waals surface area contributed by atoms with E-state index >= 15 is 0 Å². The van der Waals surface area contributed by atoms with Gasteiger partial charge in [-0.2, -0.15) is 0 Å². The molecule has 0 saturated heterocycles. The number of carbonyl (C=O) groups excluding carboxylic acids is 1. The number of anilines is 1. The Bertz CT molecular complexity index is 918. The topological polar surface area (TPSA) is 66.6 Å². The first-order valence-electron chi connectivity index (χ1n) is 7.77. The molecule has 3 rings (SSSR count). The monoisotopic (exact) mass is 343 g/mol. The molecule has 2 heterocycles. The van der Waals surface area contributed by atoms with Crippen LogP contribution in [0.15, 0.2) is 36.5 Å². The van der Waals surface area contributed by atoms with E-state index in [-0.39, 0.29) is 11.7 Å². The van der Waals surface area contributed by atoms with Crippen LogP contribution in [0.25, 0.3) is 5.65 Å². The first kappa shape index (κ1) is 16.3. The number of amides is 1. The van der Waals surface area contributed by atoms with E-state index in [1.807, 2.05) is 19.9 Å². The molecular formula is C18H18ClN3O2. The summed E-state index contributed by atoms with van der Waals surface area (Å²) >= 11 is 6.06. The molecule has 0 radical (unpaired) electrons. The molecule has 0 saturated carbocycles. The van der Waals surface area contributed by atoms with Crippen LogP contribution in [0.2, 0.25) is 5.02 Å². The van der Waals surface area contributed by atoms with Crippen LogP contribution in [-0.4, -0.2) is 20.4 Å². The maximum Gasteiger partial charge on any atom is 0.274 e. The number of hydrogen-bond donors (Lipinski definition) is 2. The number of aromatic nitrogens is 2. The lowest BCUT2D eigenvalue weighted by Crippen LogP contribution is -2.16. The van der Waals surface area contributed by atoms with Crippen molar-refractivity contribution in [2.75, 3.05) is 5.32 Å². The lowest BCUT2D eigenvalue weighted by Gasteiger charge is -2.09. The number of halogens is 1. The summed E-state index contributed by atoms with van der Waals surface area (Å²) in [5.41, 5.74) is 3.10. The normalized spacial score (nSPS) is 11.0. The maximum absolute atomic E-state index is 12.8. The zero-order valence-corrected chi connectivity index (χ0v) is 14.3. The molecule has 0 bridgehead atoms. The van der Waals surface area contributed by atoms with Gasteiger partial charge >= 0.3 is 0 Å². The van der Waals surface area contributed by atoms with Crippen LogP contribution in [0, 0.1) is 6.92 Å². The molecule has 0 aliphatic carbocycles. The van der Waals surface area contributed by atoms with Gasteiger partial charge in [0.1, 0.15) is 17.1 Å². The molecule has 2 aromatic heterocycles. The first-order valence-corrected chi connectivity index (χ1v) is 8.15. The first-order chi connectivity index (χ1) is 11.5. The number of pyridine rings is 1. The Balaban J connectivity index is 2.04. The molecule has 0 aliphatic rings. The molecule has 0 aliphatic heterocycles. The van der Waals surface area contributed by atoms with Crippen LogP contribution in [0.1, 0.15) is 35.1 Å². The van der Waals surface area contributed by atoms with Gasteiger partial charge in [-0.15, -0.1) is 0 Å². The molecule has 6 heteroatoms. The van der Waals surface area contributed by atoms with E-state index < -0.39 is 0 Å². The molecule has 0 unspecified atom stereocenters. The predicted octanol–water partition coefficient (Wildman–Crippen LogP) is 4.21. The van der Waals surface area contributed by atoms with Crippen molar-refractivity contribution in [2.45, 2.75) is 26.7 Å². The van der Waals surface area contributed by atoms with Gasteiger partial charge in [0.15, 0.2) is 0 Å². The summed E-state index contributed by atoms with van der Waals surface area (Å²) in [7, 11) is 0. The minimum absolute atomic E-state index is 0.0345. The number of fused-ring (bicyclic) bond motifs is 1. The quantitative estimate of drug-likeness (QED) is 0.697. The second kappa shape index (κ2) is 6.53. The fourth-order valence-electron chi connectivity index (χ4n) is 2.65. The van der Waals surface area contributed by atoms with Gasteiger partial charge in [0.25, 0.3) is 5.91 Å². The number of aromatic hydroxyl groups is 1. The lowest BCUT2D eigenvalue weighted by atomic mass is 10.2. The average Bonchev–Trinajstić information content (AvgIpc) is 2.87. The fourth-order valence-corrected chi connectivity index (χ4v) is 2.81. The highest BCUT2D eigenvalue weighted by Gasteiger charge is 2.20. The number of hydrogen-bond acceptors (Lipinski definition) is 3. The third-order valence-corrected chi connectivity index (χ3v) is 3.98. The van der Waals surface area contributed by atoms with Crippen molar-refractivity contribution in [3.05, 3.63) is 58.5 Å². The van der Waals surface area contributed by atoms with Gasteiger partial charge < -0.3 is 10.4 Å². The van der Waals surface area contributed by atoms with Crippen LogP contribution in [0.5, 0.6) is 5.75 Å². The summed E-state index contributed by atoms with van der Waals surface area (Å²) in [6, 6.07) is 8.63. The highest BCUT2D eigenvalue weighted by Crippen LogP contribution is 2.25. The van der Waals surface area contributed by atoms with Crippen molar-refractivity contribution >= 4 is 28.8 Å². The van der Waals surface area contributed by atoms with Crippen molar-refractivity contribution < 1.29 is 9.90 Å². The smallest absolute Gasteiger partial charge is 0.274 e. The number of carbonyl (C=O) groups is 1.